The van der Waals surface area contributed by atoms with E-state index in [2.05, 4.69) is 36.5 Å². The minimum atomic E-state index is 0.0802. The van der Waals surface area contributed by atoms with Crippen molar-refractivity contribution in [2.24, 2.45) is 0 Å². The molecule has 1 aromatic rings. The van der Waals surface area contributed by atoms with Crippen LogP contribution in [0.25, 0.3) is 0 Å². The van der Waals surface area contributed by atoms with Crippen LogP contribution in [0, 0.1) is 0 Å². The fourth-order valence-electron chi connectivity index (χ4n) is 2.11. The third-order valence-corrected chi connectivity index (χ3v) is 4.35. The number of aryl methyl sites for hydroxylation is 1. The first-order valence-corrected chi connectivity index (χ1v) is 8.16. The Kier molecular flexibility index (Phi) is 5.16. The summed E-state index contributed by atoms with van der Waals surface area (Å²) < 4.78 is 5.48. The third-order valence-electron chi connectivity index (χ3n) is 3.44. The standard InChI is InChI=1S/C15H24N2O2S/c1-15(2,3)12-10-20-14(17-12)7-6-13(18)16-9-11-5-4-8-19-11/h10-11H,4-9H2,1-3H3,(H,16,18). The van der Waals surface area contributed by atoms with Crippen LogP contribution >= 0.6 is 11.3 Å². The molecule has 0 radical (unpaired) electrons. The summed E-state index contributed by atoms with van der Waals surface area (Å²) >= 11 is 1.65. The molecule has 20 heavy (non-hydrogen) atoms. The molecular formula is C15H24N2O2S. The molecule has 0 bridgehead atoms. The Bertz CT molecular complexity index is 445. The van der Waals surface area contributed by atoms with Crippen LogP contribution in [-0.2, 0) is 21.4 Å². The second-order valence-corrected chi connectivity index (χ2v) is 7.26. The van der Waals surface area contributed by atoms with Gasteiger partial charge in [0.05, 0.1) is 16.8 Å². The van der Waals surface area contributed by atoms with Crippen LogP contribution in [0.1, 0.15) is 50.7 Å². The van der Waals surface area contributed by atoms with Crippen molar-refractivity contribution in [2.75, 3.05) is 13.2 Å². The Morgan fingerprint density at radius 2 is 2.35 bits per heavy atom. The second kappa shape index (κ2) is 6.68. The van der Waals surface area contributed by atoms with Gasteiger partial charge < -0.3 is 10.1 Å². The van der Waals surface area contributed by atoms with Gasteiger partial charge in [-0.15, -0.1) is 11.3 Å². The van der Waals surface area contributed by atoms with Gasteiger partial charge in [0.2, 0.25) is 5.91 Å². The van der Waals surface area contributed by atoms with E-state index in [9.17, 15) is 4.79 Å². The summed E-state index contributed by atoms with van der Waals surface area (Å²) in [6.07, 6.45) is 3.60. The van der Waals surface area contributed by atoms with Crippen molar-refractivity contribution >= 4 is 17.2 Å². The van der Waals surface area contributed by atoms with Crippen molar-refractivity contribution in [3.63, 3.8) is 0 Å². The first-order valence-electron chi connectivity index (χ1n) is 7.28. The van der Waals surface area contributed by atoms with E-state index < -0.39 is 0 Å². The van der Waals surface area contributed by atoms with Crippen LogP contribution < -0.4 is 5.32 Å². The minimum absolute atomic E-state index is 0.0802. The molecule has 1 N–H and O–H groups in total. The van der Waals surface area contributed by atoms with Gasteiger partial charge in [-0.1, -0.05) is 20.8 Å². The molecule has 5 heteroatoms. The predicted molar refractivity (Wildman–Crippen MR) is 81.1 cm³/mol. The normalized spacial score (nSPS) is 19.2. The molecule has 1 aliphatic heterocycles. The third kappa shape index (κ3) is 4.56. The summed E-state index contributed by atoms with van der Waals surface area (Å²) in [6.45, 7) is 7.93. The number of ether oxygens (including phenoxy) is 1. The van der Waals surface area contributed by atoms with Crippen LogP contribution in [0.5, 0.6) is 0 Å². The van der Waals surface area contributed by atoms with Crippen LogP contribution in [0.3, 0.4) is 0 Å². The number of nitrogens with zero attached hydrogens (tertiary/aromatic N) is 1. The summed E-state index contributed by atoms with van der Waals surface area (Å²) in [4.78, 5) is 16.4. The highest BCUT2D eigenvalue weighted by Crippen LogP contribution is 2.24. The van der Waals surface area contributed by atoms with Gasteiger partial charge in [0.1, 0.15) is 0 Å². The van der Waals surface area contributed by atoms with Crippen molar-refractivity contribution in [2.45, 2.75) is 58.0 Å². The summed E-state index contributed by atoms with van der Waals surface area (Å²) in [6, 6.07) is 0. The lowest BCUT2D eigenvalue weighted by atomic mass is 9.93. The summed E-state index contributed by atoms with van der Waals surface area (Å²) in [5.41, 5.74) is 1.19. The van der Waals surface area contributed by atoms with E-state index in [1.807, 2.05) is 0 Å². The molecule has 1 unspecified atom stereocenters. The van der Waals surface area contributed by atoms with E-state index in [1.165, 1.54) is 0 Å². The Hall–Kier alpha value is -0.940. The Morgan fingerprint density at radius 1 is 1.55 bits per heavy atom. The first-order chi connectivity index (χ1) is 9.45. The predicted octanol–water partition coefficient (Wildman–Crippen LogP) is 2.67. The van der Waals surface area contributed by atoms with Gasteiger partial charge in [-0.3, -0.25) is 4.79 Å². The zero-order valence-electron chi connectivity index (χ0n) is 12.6. The van der Waals surface area contributed by atoms with Gasteiger partial charge in [-0.25, -0.2) is 4.98 Å². The maximum absolute atomic E-state index is 11.8. The number of thiazole rings is 1. The largest absolute Gasteiger partial charge is 0.376 e. The number of amides is 1. The second-order valence-electron chi connectivity index (χ2n) is 6.32. The van der Waals surface area contributed by atoms with Crippen LogP contribution in [0.15, 0.2) is 5.38 Å². The monoisotopic (exact) mass is 296 g/mol. The number of carbonyl (C=O) groups excluding carboxylic acids is 1. The van der Waals surface area contributed by atoms with E-state index in [0.717, 1.165) is 36.6 Å². The highest BCUT2D eigenvalue weighted by Gasteiger charge is 2.18. The highest BCUT2D eigenvalue weighted by molar-refractivity contribution is 7.09. The van der Waals surface area contributed by atoms with Gasteiger partial charge in [0, 0.05) is 36.8 Å². The first kappa shape index (κ1) is 15.4. The molecule has 4 nitrogen and oxygen atoms in total. The molecule has 1 atom stereocenters. The van der Waals surface area contributed by atoms with Crippen LogP contribution in [0.2, 0.25) is 0 Å². The number of rotatable bonds is 5. The number of nitrogens with one attached hydrogen (secondary N) is 1. The van der Waals surface area contributed by atoms with Gasteiger partial charge >= 0.3 is 0 Å². The minimum Gasteiger partial charge on any atom is -0.376 e. The molecule has 2 heterocycles. The van der Waals surface area contributed by atoms with Crippen molar-refractivity contribution < 1.29 is 9.53 Å². The Labute approximate surface area is 124 Å². The average Bonchev–Trinajstić information content (AvgIpc) is 3.04. The molecule has 0 aromatic carbocycles. The lowest BCUT2D eigenvalue weighted by molar-refractivity contribution is -0.121. The SMILES string of the molecule is CC(C)(C)c1csc(CCC(=O)NCC2CCCO2)n1. The molecule has 0 aliphatic carbocycles. The number of hydrogen-bond acceptors (Lipinski definition) is 4. The van der Waals surface area contributed by atoms with Gasteiger partial charge in [-0.05, 0) is 12.8 Å². The van der Waals surface area contributed by atoms with Gasteiger partial charge in [0.15, 0.2) is 0 Å². The summed E-state index contributed by atoms with van der Waals surface area (Å²) in [5.74, 6) is 0.0907. The summed E-state index contributed by atoms with van der Waals surface area (Å²) in [5, 5.41) is 6.09. The fourth-order valence-corrected chi connectivity index (χ4v) is 3.14. The molecular weight excluding hydrogens is 272 g/mol. The zero-order chi connectivity index (χ0) is 14.6. The number of aromatic nitrogens is 1. The highest BCUT2D eigenvalue weighted by atomic mass is 32.1. The van der Waals surface area contributed by atoms with Crippen molar-refractivity contribution in [1.29, 1.82) is 0 Å². The molecule has 112 valence electrons. The van der Waals surface area contributed by atoms with Gasteiger partial charge in [0.25, 0.3) is 0 Å². The van der Waals surface area contributed by atoms with E-state index in [0.29, 0.717) is 13.0 Å². The molecule has 0 saturated carbocycles. The maximum Gasteiger partial charge on any atom is 0.220 e. The Morgan fingerprint density at radius 3 is 2.95 bits per heavy atom. The van der Waals surface area contributed by atoms with E-state index >= 15 is 0 Å². The van der Waals surface area contributed by atoms with E-state index in [1.54, 1.807) is 11.3 Å². The van der Waals surface area contributed by atoms with Crippen molar-refractivity contribution in [3.8, 4) is 0 Å². The molecule has 1 saturated heterocycles. The quantitative estimate of drug-likeness (QED) is 0.909. The van der Waals surface area contributed by atoms with Gasteiger partial charge in [-0.2, -0.15) is 0 Å². The average molecular weight is 296 g/mol. The van der Waals surface area contributed by atoms with Crippen LogP contribution in [0.4, 0.5) is 0 Å². The van der Waals surface area contributed by atoms with Crippen LogP contribution in [-0.4, -0.2) is 30.1 Å². The number of hydrogen-bond donors (Lipinski definition) is 1. The van der Waals surface area contributed by atoms with Crippen molar-refractivity contribution in [3.05, 3.63) is 16.1 Å². The van der Waals surface area contributed by atoms with Crippen molar-refractivity contribution in [1.82, 2.24) is 10.3 Å². The molecule has 1 aromatic heterocycles. The molecule has 1 fully saturated rings. The lowest BCUT2D eigenvalue weighted by Gasteiger charge is -2.14. The smallest absolute Gasteiger partial charge is 0.220 e. The Balaban J connectivity index is 1.71. The number of carbonyl (C=O) groups is 1. The lowest BCUT2D eigenvalue weighted by Crippen LogP contribution is -2.31. The fraction of sp³-hybridized carbons (Fsp3) is 0.733. The summed E-state index contributed by atoms with van der Waals surface area (Å²) in [7, 11) is 0. The topological polar surface area (TPSA) is 51.2 Å². The zero-order valence-corrected chi connectivity index (χ0v) is 13.4. The molecule has 0 spiro atoms. The maximum atomic E-state index is 11.8. The van der Waals surface area contributed by atoms with E-state index in [-0.39, 0.29) is 17.4 Å². The van der Waals surface area contributed by atoms with E-state index in [4.69, 9.17) is 4.74 Å². The molecule has 2 rings (SSSR count). The molecule has 1 amide bonds. The molecule has 1 aliphatic rings.